The molecule has 0 radical (unpaired) electrons. The van der Waals surface area contributed by atoms with Gasteiger partial charge in [0.15, 0.2) is 0 Å². The van der Waals surface area contributed by atoms with Crippen molar-refractivity contribution in [3.63, 3.8) is 0 Å². The lowest BCUT2D eigenvalue weighted by Gasteiger charge is -2.13. The number of benzene rings is 1. The Morgan fingerprint density at radius 2 is 2.22 bits per heavy atom. The molecule has 8 heteroatoms. The minimum absolute atomic E-state index is 0.0570. The average Bonchev–Trinajstić information content (AvgIpc) is 3.04. The first-order chi connectivity index (χ1) is 10.9. The summed E-state index contributed by atoms with van der Waals surface area (Å²) in [5.41, 5.74) is 0.357. The molecule has 0 unspecified atom stereocenters. The van der Waals surface area contributed by atoms with Crippen molar-refractivity contribution in [2.24, 2.45) is 0 Å². The van der Waals surface area contributed by atoms with Crippen molar-refractivity contribution in [1.29, 1.82) is 0 Å². The number of ether oxygens (including phenoxy) is 1. The Balaban J connectivity index is 2.16. The molecule has 23 heavy (non-hydrogen) atoms. The minimum Gasteiger partial charge on any atom is -0.478 e. The predicted molar refractivity (Wildman–Crippen MR) is 86.3 cm³/mol. The highest BCUT2D eigenvalue weighted by Crippen LogP contribution is 2.21. The Bertz CT molecular complexity index is 654. The summed E-state index contributed by atoms with van der Waals surface area (Å²) >= 11 is 0. The monoisotopic (exact) mass is 342 g/mol. The van der Waals surface area contributed by atoms with Gasteiger partial charge in [-0.1, -0.05) is 6.92 Å². The van der Waals surface area contributed by atoms with Crippen molar-refractivity contribution in [2.75, 3.05) is 25.0 Å². The lowest BCUT2D eigenvalue weighted by Crippen LogP contribution is -2.32. The molecule has 1 aromatic carbocycles. The Labute approximate surface area is 136 Å². The number of carbonyl (C=O) groups is 1. The molecule has 1 aliphatic rings. The van der Waals surface area contributed by atoms with Gasteiger partial charge in [0.1, 0.15) is 0 Å². The maximum absolute atomic E-state index is 12.3. The molecule has 0 aromatic heterocycles. The van der Waals surface area contributed by atoms with E-state index < -0.39 is 16.0 Å². The summed E-state index contributed by atoms with van der Waals surface area (Å²) < 4.78 is 32.5. The summed E-state index contributed by atoms with van der Waals surface area (Å²) in [5.74, 6) is -1.17. The van der Waals surface area contributed by atoms with Gasteiger partial charge < -0.3 is 15.2 Å². The van der Waals surface area contributed by atoms with Crippen molar-refractivity contribution >= 4 is 21.7 Å². The van der Waals surface area contributed by atoms with Crippen LogP contribution in [0.25, 0.3) is 0 Å². The predicted octanol–water partition coefficient (Wildman–Crippen LogP) is 1.66. The highest BCUT2D eigenvalue weighted by molar-refractivity contribution is 7.89. The van der Waals surface area contributed by atoms with Gasteiger partial charge in [0.2, 0.25) is 10.0 Å². The van der Waals surface area contributed by atoms with E-state index in [0.717, 1.165) is 19.3 Å². The van der Waals surface area contributed by atoms with Crippen molar-refractivity contribution in [3.8, 4) is 0 Å². The second-order valence-electron chi connectivity index (χ2n) is 5.43. The SMILES string of the molecule is CCCNc1ccc(S(=O)(=O)NC[C@@H]2CCCO2)cc1C(=O)O. The summed E-state index contributed by atoms with van der Waals surface area (Å²) in [4.78, 5) is 11.3. The van der Waals surface area contributed by atoms with Gasteiger partial charge >= 0.3 is 5.97 Å². The Kier molecular flexibility index (Phi) is 5.97. The lowest BCUT2D eigenvalue weighted by molar-refractivity contribution is 0.0697. The molecule has 1 aromatic rings. The Morgan fingerprint density at radius 1 is 1.43 bits per heavy atom. The highest BCUT2D eigenvalue weighted by Gasteiger charge is 2.22. The zero-order chi connectivity index (χ0) is 16.9. The van der Waals surface area contributed by atoms with Crippen LogP contribution in [0, 0.1) is 0 Å². The van der Waals surface area contributed by atoms with Crippen molar-refractivity contribution in [3.05, 3.63) is 23.8 Å². The zero-order valence-electron chi connectivity index (χ0n) is 13.0. The molecule has 0 saturated carbocycles. The largest absolute Gasteiger partial charge is 0.478 e. The number of rotatable bonds is 8. The Morgan fingerprint density at radius 3 is 2.83 bits per heavy atom. The quantitative estimate of drug-likeness (QED) is 0.664. The van der Waals surface area contributed by atoms with Crippen LogP contribution in [0.4, 0.5) is 5.69 Å². The molecule has 1 fully saturated rings. The van der Waals surface area contributed by atoms with Gasteiger partial charge in [-0.15, -0.1) is 0 Å². The molecule has 7 nitrogen and oxygen atoms in total. The van der Waals surface area contributed by atoms with Crippen LogP contribution in [-0.4, -0.2) is 45.3 Å². The molecule has 1 aliphatic heterocycles. The third kappa shape index (κ3) is 4.66. The van der Waals surface area contributed by atoms with E-state index in [2.05, 4.69) is 10.0 Å². The maximum Gasteiger partial charge on any atom is 0.337 e. The van der Waals surface area contributed by atoms with E-state index in [1.54, 1.807) is 0 Å². The lowest BCUT2D eigenvalue weighted by atomic mass is 10.2. The first-order valence-corrected chi connectivity index (χ1v) is 9.15. The van der Waals surface area contributed by atoms with Crippen molar-refractivity contribution < 1.29 is 23.1 Å². The average molecular weight is 342 g/mol. The number of hydrogen-bond donors (Lipinski definition) is 3. The summed E-state index contributed by atoms with van der Waals surface area (Å²) in [6, 6.07) is 4.07. The van der Waals surface area contributed by atoms with Gasteiger partial charge in [0, 0.05) is 25.4 Å². The first kappa shape index (κ1) is 17.7. The van der Waals surface area contributed by atoms with Crippen molar-refractivity contribution in [1.82, 2.24) is 4.72 Å². The minimum atomic E-state index is -3.76. The number of sulfonamides is 1. The topological polar surface area (TPSA) is 105 Å². The van der Waals surface area contributed by atoms with Gasteiger partial charge in [-0.2, -0.15) is 0 Å². The van der Waals surface area contributed by atoms with E-state index in [-0.39, 0.29) is 23.1 Å². The molecule has 1 heterocycles. The number of carboxylic acid groups (broad SMARTS) is 1. The normalized spacial score (nSPS) is 18.0. The number of carboxylic acids is 1. The molecule has 1 saturated heterocycles. The van der Waals surface area contributed by atoms with Crippen LogP contribution in [0.15, 0.2) is 23.1 Å². The fraction of sp³-hybridized carbons (Fsp3) is 0.533. The number of aromatic carboxylic acids is 1. The first-order valence-electron chi connectivity index (χ1n) is 7.66. The third-order valence-electron chi connectivity index (χ3n) is 3.62. The summed E-state index contributed by atoms with van der Waals surface area (Å²) in [7, 11) is -3.76. The second-order valence-corrected chi connectivity index (χ2v) is 7.19. The molecule has 2 rings (SSSR count). The van der Waals surface area contributed by atoms with Crippen LogP contribution in [0.3, 0.4) is 0 Å². The van der Waals surface area contributed by atoms with Gasteiger partial charge in [-0.25, -0.2) is 17.9 Å². The fourth-order valence-electron chi connectivity index (χ4n) is 2.37. The zero-order valence-corrected chi connectivity index (χ0v) is 13.9. The summed E-state index contributed by atoms with van der Waals surface area (Å²) in [6.45, 7) is 3.42. The van der Waals surface area contributed by atoms with Crippen LogP contribution in [0.1, 0.15) is 36.5 Å². The van der Waals surface area contributed by atoms with E-state index in [0.29, 0.717) is 18.8 Å². The highest BCUT2D eigenvalue weighted by atomic mass is 32.2. The van der Waals surface area contributed by atoms with E-state index in [9.17, 15) is 18.3 Å². The molecule has 1 atom stereocenters. The maximum atomic E-state index is 12.3. The standard InChI is InChI=1S/C15H22N2O5S/c1-2-7-16-14-6-5-12(9-13(14)15(18)19)23(20,21)17-10-11-4-3-8-22-11/h5-6,9,11,16-17H,2-4,7-8,10H2,1H3,(H,18,19)/t11-/m0/s1. The van der Waals surface area contributed by atoms with E-state index >= 15 is 0 Å². The third-order valence-corrected chi connectivity index (χ3v) is 5.04. The molecule has 3 N–H and O–H groups in total. The van der Waals surface area contributed by atoms with Gasteiger partial charge in [0.25, 0.3) is 0 Å². The van der Waals surface area contributed by atoms with E-state index in [1.165, 1.54) is 18.2 Å². The molecule has 0 aliphatic carbocycles. The summed E-state index contributed by atoms with van der Waals surface area (Å²) in [6.07, 6.45) is 2.47. The van der Waals surface area contributed by atoms with Crippen molar-refractivity contribution in [2.45, 2.75) is 37.2 Å². The van der Waals surface area contributed by atoms with E-state index in [1.807, 2.05) is 6.92 Å². The van der Waals surface area contributed by atoms with E-state index in [4.69, 9.17) is 4.74 Å². The Hall–Kier alpha value is -1.64. The van der Waals surface area contributed by atoms with Crippen LogP contribution < -0.4 is 10.0 Å². The smallest absolute Gasteiger partial charge is 0.337 e. The van der Waals surface area contributed by atoms with Crippen LogP contribution in [-0.2, 0) is 14.8 Å². The number of anilines is 1. The summed E-state index contributed by atoms with van der Waals surface area (Å²) in [5, 5.41) is 12.3. The molecule has 0 spiro atoms. The molecular weight excluding hydrogens is 320 g/mol. The second kappa shape index (κ2) is 7.76. The molecular formula is C15H22N2O5S. The molecule has 128 valence electrons. The van der Waals surface area contributed by atoms with Gasteiger partial charge in [-0.05, 0) is 37.5 Å². The van der Waals surface area contributed by atoms with Gasteiger partial charge in [0.05, 0.1) is 16.6 Å². The molecule has 0 bridgehead atoms. The van der Waals surface area contributed by atoms with Gasteiger partial charge in [-0.3, -0.25) is 0 Å². The number of hydrogen-bond acceptors (Lipinski definition) is 5. The van der Waals surface area contributed by atoms with Crippen LogP contribution in [0.5, 0.6) is 0 Å². The van der Waals surface area contributed by atoms with Crippen LogP contribution in [0.2, 0.25) is 0 Å². The number of nitrogens with one attached hydrogen (secondary N) is 2. The molecule has 0 amide bonds. The fourth-order valence-corrected chi connectivity index (χ4v) is 3.46. The van der Waals surface area contributed by atoms with Crippen LogP contribution >= 0.6 is 0 Å².